The fourth-order valence-electron chi connectivity index (χ4n) is 2.49. The molecule has 0 spiro atoms. The molecule has 1 aromatic rings. The lowest BCUT2D eigenvalue weighted by molar-refractivity contribution is -0.140. The molecule has 1 aliphatic carbocycles. The van der Waals surface area contributed by atoms with Crippen molar-refractivity contribution in [2.75, 3.05) is 20.2 Å². The molecular formula is C15H24F3IN4OS. The van der Waals surface area contributed by atoms with Gasteiger partial charge in [-0.2, -0.15) is 13.2 Å². The van der Waals surface area contributed by atoms with Gasteiger partial charge in [0, 0.05) is 25.6 Å². The predicted molar refractivity (Wildman–Crippen MR) is 104 cm³/mol. The lowest BCUT2D eigenvalue weighted by Gasteiger charge is -2.13. The summed E-state index contributed by atoms with van der Waals surface area (Å²) in [5.41, 5.74) is -0.851. The first-order chi connectivity index (χ1) is 11.5. The molecule has 1 aromatic heterocycles. The van der Waals surface area contributed by atoms with Gasteiger partial charge in [0.2, 0.25) is 0 Å². The molecule has 0 aromatic carbocycles. The minimum absolute atomic E-state index is 0. The number of ether oxygens (including phenoxy) is 1. The number of halogens is 4. The van der Waals surface area contributed by atoms with Crippen molar-refractivity contribution >= 4 is 41.3 Å². The van der Waals surface area contributed by atoms with E-state index in [1.807, 2.05) is 0 Å². The maximum atomic E-state index is 12.5. The van der Waals surface area contributed by atoms with Crippen LogP contribution in [0.2, 0.25) is 0 Å². The molecule has 0 aliphatic heterocycles. The summed E-state index contributed by atoms with van der Waals surface area (Å²) >= 11 is 0.979. The van der Waals surface area contributed by atoms with E-state index < -0.39 is 11.9 Å². The van der Waals surface area contributed by atoms with E-state index in [1.54, 1.807) is 7.05 Å². The molecule has 0 bridgehead atoms. The number of aliphatic imine (C=N–C) groups is 1. The van der Waals surface area contributed by atoms with E-state index >= 15 is 0 Å². The summed E-state index contributed by atoms with van der Waals surface area (Å²) < 4.78 is 43.2. The first-order valence-corrected chi connectivity index (χ1v) is 8.94. The second kappa shape index (κ2) is 11.2. The second-order valence-electron chi connectivity index (χ2n) is 5.61. The zero-order chi connectivity index (χ0) is 17.4. The van der Waals surface area contributed by atoms with Crippen LogP contribution in [-0.2, 0) is 17.5 Å². The highest BCUT2D eigenvalue weighted by Gasteiger charge is 2.33. The van der Waals surface area contributed by atoms with E-state index in [1.165, 1.54) is 12.8 Å². The van der Waals surface area contributed by atoms with Crippen LogP contribution in [0, 0.1) is 0 Å². The molecule has 0 unspecified atom stereocenters. The molecule has 2 rings (SSSR count). The van der Waals surface area contributed by atoms with Crippen molar-refractivity contribution in [2.45, 2.75) is 50.9 Å². The second-order valence-corrected chi connectivity index (χ2v) is 6.55. The van der Waals surface area contributed by atoms with Crippen molar-refractivity contribution in [3.05, 3.63) is 16.1 Å². The molecule has 144 valence electrons. The van der Waals surface area contributed by atoms with Crippen LogP contribution < -0.4 is 10.6 Å². The van der Waals surface area contributed by atoms with Gasteiger partial charge in [-0.15, -0.1) is 35.3 Å². The summed E-state index contributed by atoms with van der Waals surface area (Å²) in [5.74, 6) is 0.541. The van der Waals surface area contributed by atoms with E-state index in [4.69, 9.17) is 4.74 Å². The van der Waals surface area contributed by atoms with E-state index in [0.717, 1.165) is 36.0 Å². The molecule has 0 atom stereocenters. The van der Waals surface area contributed by atoms with Crippen LogP contribution in [0.3, 0.4) is 0 Å². The SMILES string of the molecule is CN=C(NCCCOC1CCCC1)NCc1nc(C(F)(F)F)cs1.I. The fourth-order valence-corrected chi connectivity index (χ4v) is 3.23. The Balaban J connectivity index is 0.00000312. The molecule has 1 fully saturated rings. The normalized spacial score (nSPS) is 15.9. The summed E-state index contributed by atoms with van der Waals surface area (Å²) in [6.07, 6.45) is 1.70. The maximum Gasteiger partial charge on any atom is 0.434 e. The van der Waals surface area contributed by atoms with Gasteiger partial charge in [-0.05, 0) is 19.3 Å². The molecule has 1 heterocycles. The van der Waals surface area contributed by atoms with Crippen LogP contribution >= 0.6 is 35.3 Å². The van der Waals surface area contributed by atoms with Crippen LogP contribution in [0.4, 0.5) is 13.2 Å². The number of guanidine groups is 1. The van der Waals surface area contributed by atoms with E-state index in [-0.39, 0.29) is 30.5 Å². The number of thiazole rings is 1. The molecule has 5 nitrogen and oxygen atoms in total. The van der Waals surface area contributed by atoms with Gasteiger partial charge in [0.1, 0.15) is 5.01 Å². The number of rotatable bonds is 7. The lowest BCUT2D eigenvalue weighted by Crippen LogP contribution is -2.37. The summed E-state index contributed by atoms with van der Waals surface area (Å²) in [4.78, 5) is 7.61. The molecule has 1 aliphatic rings. The highest BCUT2D eigenvalue weighted by Crippen LogP contribution is 2.29. The summed E-state index contributed by atoms with van der Waals surface area (Å²) in [6, 6.07) is 0. The standard InChI is InChI=1S/C15H23F3N4OS.HI/c1-19-14(20-7-4-8-23-11-5-2-3-6-11)21-9-13-22-12(10-24-13)15(16,17)18;/h10-11H,2-9H2,1H3,(H2,19,20,21);1H. The summed E-state index contributed by atoms with van der Waals surface area (Å²) in [7, 11) is 1.62. The third-order valence-corrected chi connectivity index (χ3v) is 4.59. The van der Waals surface area contributed by atoms with Gasteiger partial charge in [0.25, 0.3) is 0 Å². The Kier molecular flexibility index (Phi) is 10.0. The minimum Gasteiger partial charge on any atom is -0.378 e. The van der Waals surface area contributed by atoms with Crippen LogP contribution in [0.15, 0.2) is 10.4 Å². The zero-order valence-electron chi connectivity index (χ0n) is 14.1. The Morgan fingerprint density at radius 2 is 2.08 bits per heavy atom. The lowest BCUT2D eigenvalue weighted by atomic mass is 10.3. The predicted octanol–water partition coefficient (Wildman–Crippen LogP) is 3.79. The molecule has 0 amide bonds. The Bertz CT molecular complexity index is 533. The van der Waals surface area contributed by atoms with Crippen LogP contribution in [0.25, 0.3) is 0 Å². The van der Waals surface area contributed by atoms with Gasteiger partial charge in [0.15, 0.2) is 11.7 Å². The largest absolute Gasteiger partial charge is 0.434 e. The quantitative estimate of drug-likeness (QED) is 0.263. The minimum atomic E-state index is -4.39. The number of nitrogens with zero attached hydrogens (tertiary/aromatic N) is 2. The summed E-state index contributed by atoms with van der Waals surface area (Å²) in [5, 5.41) is 7.47. The van der Waals surface area contributed by atoms with E-state index in [9.17, 15) is 13.2 Å². The highest BCUT2D eigenvalue weighted by molar-refractivity contribution is 14.0. The Morgan fingerprint density at radius 3 is 2.68 bits per heavy atom. The van der Waals surface area contributed by atoms with Gasteiger partial charge < -0.3 is 15.4 Å². The van der Waals surface area contributed by atoms with Crippen molar-refractivity contribution in [1.29, 1.82) is 0 Å². The Labute approximate surface area is 166 Å². The smallest absolute Gasteiger partial charge is 0.378 e. The number of aromatic nitrogens is 1. The van der Waals surface area contributed by atoms with Crippen LogP contribution in [0.5, 0.6) is 0 Å². The number of alkyl halides is 3. The molecule has 0 saturated heterocycles. The third kappa shape index (κ3) is 8.07. The van der Waals surface area contributed by atoms with E-state index in [0.29, 0.717) is 30.2 Å². The number of hydrogen-bond donors (Lipinski definition) is 2. The fraction of sp³-hybridized carbons (Fsp3) is 0.733. The Hall–Kier alpha value is -0.620. The number of hydrogen-bond acceptors (Lipinski definition) is 4. The first-order valence-electron chi connectivity index (χ1n) is 8.07. The molecule has 0 radical (unpaired) electrons. The topological polar surface area (TPSA) is 58.5 Å². The van der Waals surface area contributed by atoms with Crippen molar-refractivity contribution < 1.29 is 17.9 Å². The highest BCUT2D eigenvalue weighted by atomic mass is 127. The van der Waals surface area contributed by atoms with Gasteiger partial charge in [-0.3, -0.25) is 4.99 Å². The molecule has 1 saturated carbocycles. The van der Waals surface area contributed by atoms with Gasteiger partial charge in [0.05, 0.1) is 12.6 Å². The monoisotopic (exact) mass is 492 g/mol. The Morgan fingerprint density at radius 1 is 1.36 bits per heavy atom. The number of nitrogens with one attached hydrogen (secondary N) is 2. The van der Waals surface area contributed by atoms with Gasteiger partial charge in [-0.1, -0.05) is 12.8 Å². The van der Waals surface area contributed by atoms with Crippen LogP contribution in [0.1, 0.15) is 42.8 Å². The first kappa shape index (κ1) is 22.4. The van der Waals surface area contributed by atoms with Crippen molar-refractivity contribution in [3.63, 3.8) is 0 Å². The van der Waals surface area contributed by atoms with E-state index in [2.05, 4.69) is 20.6 Å². The van der Waals surface area contributed by atoms with Crippen molar-refractivity contribution in [3.8, 4) is 0 Å². The molecule has 2 N–H and O–H groups in total. The average molecular weight is 492 g/mol. The average Bonchev–Trinajstić information content (AvgIpc) is 3.20. The zero-order valence-corrected chi connectivity index (χ0v) is 17.2. The third-order valence-electron chi connectivity index (χ3n) is 3.74. The van der Waals surface area contributed by atoms with Crippen molar-refractivity contribution in [1.82, 2.24) is 15.6 Å². The maximum absolute atomic E-state index is 12.5. The van der Waals surface area contributed by atoms with Crippen molar-refractivity contribution in [2.24, 2.45) is 4.99 Å². The van der Waals surface area contributed by atoms with Gasteiger partial charge >= 0.3 is 6.18 Å². The molecule has 25 heavy (non-hydrogen) atoms. The summed E-state index contributed by atoms with van der Waals surface area (Å²) in [6.45, 7) is 1.60. The van der Waals surface area contributed by atoms with Crippen LogP contribution in [-0.4, -0.2) is 37.2 Å². The van der Waals surface area contributed by atoms with Gasteiger partial charge in [-0.25, -0.2) is 4.98 Å². The molecule has 10 heteroatoms. The molecular weight excluding hydrogens is 468 g/mol.